The van der Waals surface area contributed by atoms with E-state index in [0.717, 1.165) is 50.7 Å². The molecule has 4 heterocycles. The zero-order valence-corrected chi connectivity index (χ0v) is 19.0. The molecule has 0 saturated carbocycles. The molecule has 3 amide bonds. The number of rotatable bonds is 5. The summed E-state index contributed by atoms with van der Waals surface area (Å²) in [5.74, 6) is 0.870. The van der Waals surface area contributed by atoms with Crippen LogP contribution in [0.25, 0.3) is 0 Å². The molecule has 0 bridgehead atoms. The molecule has 1 aromatic carbocycles. The van der Waals surface area contributed by atoms with Crippen LogP contribution in [-0.2, 0) is 22.6 Å². The lowest BCUT2D eigenvalue weighted by Gasteiger charge is -2.33. The standard InChI is InChI=1S/C22H26ClN6O3/c1-15-13-28-18-19(24-21(28)27(15)8-7-26-9-11-32-12-10-26)25(2)22(31)29(20(18)30)14-16-5-3-4-6-17(16)23/h3-6,13,18H,7-12,14H2,1-2H3/q+1. The van der Waals surface area contributed by atoms with E-state index in [-0.39, 0.29) is 12.5 Å². The van der Waals surface area contributed by atoms with Crippen molar-refractivity contribution in [1.82, 2.24) is 19.3 Å². The third-order valence-corrected chi connectivity index (χ3v) is 6.72. The second-order valence-corrected chi connectivity index (χ2v) is 8.72. The quantitative estimate of drug-likeness (QED) is 0.641. The molecule has 2 saturated heterocycles. The van der Waals surface area contributed by atoms with Crippen LogP contribution in [0.3, 0.4) is 0 Å². The molecule has 2 aromatic rings. The Kier molecular flexibility index (Phi) is 5.48. The molecule has 3 aliphatic heterocycles. The van der Waals surface area contributed by atoms with Crippen molar-refractivity contribution < 1.29 is 18.9 Å². The summed E-state index contributed by atoms with van der Waals surface area (Å²) in [5, 5.41) is 0.528. The Labute approximate surface area is 191 Å². The number of benzene rings is 1. The predicted octanol–water partition coefficient (Wildman–Crippen LogP) is 1.75. The number of aromatic nitrogens is 2. The Bertz CT molecular complexity index is 1110. The van der Waals surface area contributed by atoms with E-state index in [0.29, 0.717) is 16.8 Å². The van der Waals surface area contributed by atoms with E-state index < -0.39 is 12.1 Å². The van der Waals surface area contributed by atoms with Gasteiger partial charge in [0.1, 0.15) is 11.9 Å². The fourth-order valence-electron chi connectivity index (χ4n) is 4.52. The normalized spacial score (nSPS) is 21.1. The van der Waals surface area contributed by atoms with E-state index in [1.165, 1.54) is 9.80 Å². The Hall–Kier alpha value is -2.75. The number of urea groups is 1. The maximum absolute atomic E-state index is 13.5. The number of likely N-dealkylation sites (N-methyl/N-ethyl adjacent to an activating group) is 1. The molecule has 0 radical (unpaired) electrons. The first-order valence-electron chi connectivity index (χ1n) is 10.8. The minimum Gasteiger partial charge on any atom is -0.379 e. The van der Waals surface area contributed by atoms with Gasteiger partial charge < -0.3 is 4.74 Å². The average Bonchev–Trinajstić information content (AvgIpc) is 3.30. The highest BCUT2D eigenvalue weighted by Gasteiger charge is 2.53. The largest absolute Gasteiger partial charge is 0.401 e. The predicted molar refractivity (Wildman–Crippen MR) is 118 cm³/mol. The Morgan fingerprint density at radius 3 is 2.69 bits per heavy atom. The van der Waals surface area contributed by atoms with Crippen LogP contribution >= 0.6 is 11.6 Å². The van der Waals surface area contributed by atoms with Crippen molar-refractivity contribution in [3.63, 3.8) is 0 Å². The van der Waals surface area contributed by atoms with Crippen LogP contribution in [-0.4, -0.2) is 76.9 Å². The number of imide groups is 1. The van der Waals surface area contributed by atoms with Crippen LogP contribution in [0.4, 0.5) is 10.7 Å². The number of amidine groups is 1. The first kappa shape index (κ1) is 21.1. The number of fused-ring (bicyclic) bond motifs is 3. The van der Waals surface area contributed by atoms with Gasteiger partial charge in [-0.2, -0.15) is 0 Å². The fraction of sp³-hybridized carbons (Fsp3) is 0.455. The molecule has 1 atom stereocenters. The van der Waals surface area contributed by atoms with Gasteiger partial charge in [0.05, 0.1) is 26.3 Å². The van der Waals surface area contributed by atoms with Gasteiger partial charge in [-0.15, -0.1) is 0 Å². The molecule has 0 aliphatic carbocycles. The molecule has 10 heteroatoms. The summed E-state index contributed by atoms with van der Waals surface area (Å²) in [7, 11) is 1.66. The minimum absolute atomic E-state index is 0.123. The lowest BCUT2D eigenvalue weighted by Crippen LogP contribution is -2.62. The summed E-state index contributed by atoms with van der Waals surface area (Å²) in [6.07, 6.45) is 1.95. The zero-order valence-electron chi connectivity index (χ0n) is 18.2. The van der Waals surface area contributed by atoms with Crippen LogP contribution in [0, 0.1) is 6.92 Å². The topological polar surface area (TPSA) is 74.3 Å². The van der Waals surface area contributed by atoms with Crippen LogP contribution in [0.15, 0.2) is 35.5 Å². The number of hydrogen-bond donors (Lipinski definition) is 0. The molecule has 32 heavy (non-hydrogen) atoms. The van der Waals surface area contributed by atoms with E-state index >= 15 is 0 Å². The van der Waals surface area contributed by atoms with Crippen molar-refractivity contribution in [1.29, 1.82) is 0 Å². The average molecular weight is 458 g/mol. The summed E-state index contributed by atoms with van der Waals surface area (Å²) >= 11 is 6.28. The van der Waals surface area contributed by atoms with Crippen molar-refractivity contribution >= 4 is 35.3 Å². The van der Waals surface area contributed by atoms with Gasteiger partial charge in [-0.3, -0.25) is 19.5 Å². The van der Waals surface area contributed by atoms with Gasteiger partial charge in [0, 0.05) is 31.7 Å². The molecule has 1 unspecified atom stereocenters. The Balaban J connectivity index is 1.42. The number of aliphatic imine (C=N–C) groups is 1. The second-order valence-electron chi connectivity index (χ2n) is 8.31. The van der Waals surface area contributed by atoms with E-state index in [4.69, 9.17) is 21.3 Å². The number of nitrogens with zero attached hydrogens (tertiary/aromatic N) is 6. The number of amides is 3. The first-order chi connectivity index (χ1) is 15.5. The number of morpholine rings is 1. The van der Waals surface area contributed by atoms with Crippen molar-refractivity contribution in [2.45, 2.75) is 26.1 Å². The van der Waals surface area contributed by atoms with Gasteiger partial charge in [0.2, 0.25) is 11.9 Å². The molecular weight excluding hydrogens is 432 g/mol. The van der Waals surface area contributed by atoms with Crippen LogP contribution in [0.2, 0.25) is 5.02 Å². The molecule has 0 spiro atoms. The molecular formula is C22H26ClN6O3+. The summed E-state index contributed by atoms with van der Waals surface area (Å²) < 4.78 is 9.43. The lowest BCUT2D eigenvalue weighted by atomic mass is 10.1. The van der Waals surface area contributed by atoms with E-state index in [9.17, 15) is 9.59 Å². The van der Waals surface area contributed by atoms with Crippen molar-refractivity contribution in [3.05, 3.63) is 46.7 Å². The Morgan fingerprint density at radius 1 is 1.19 bits per heavy atom. The number of aryl methyl sites for hydroxylation is 1. The SMILES string of the molecule is Cc1c[n+]2c(n1CCN1CCOCC1)N=C1C2C(=O)N(Cc2ccccc2Cl)C(=O)N1C. The number of ether oxygens (including phenoxy) is 1. The third-order valence-electron chi connectivity index (χ3n) is 6.35. The van der Waals surface area contributed by atoms with Crippen molar-refractivity contribution in [2.24, 2.45) is 4.99 Å². The maximum Gasteiger partial charge on any atom is 0.401 e. The molecule has 5 rings (SSSR count). The van der Waals surface area contributed by atoms with Crippen molar-refractivity contribution in [2.75, 3.05) is 39.9 Å². The molecule has 2 fully saturated rings. The summed E-state index contributed by atoms with van der Waals surface area (Å²) in [6, 6.07) is 6.20. The van der Waals surface area contributed by atoms with Crippen LogP contribution in [0.1, 0.15) is 17.3 Å². The van der Waals surface area contributed by atoms with Gasteiger partial charge in [0.25, 0.3) is 5.91 Å². The summed E-state index contributed by atoms with van der Waals surface area (Å²) in [6.45, 7) is 7.12. The smallest absolute Gasteiger partial charge is 0.379 e. The number of carbonyl (C=O) groups excluding carboxylic acids is 2. The lowest BCUT2D eigenvalue weighted by molar-refractivity contribution is -0.677. The van der Waals surface area contributed by atoms with Gasteiger partial charge in [0.15, 0.2) is 0 Å². The number of imidazole rings is 1. The monoisotopic (exact) mass is 457 g/mol. The third kappa shape index (κ3) is 3.50. The molecule has 0 N–H and O–H groups in total. The van der Waals surface area contributed by atoms with Gasteiger partial charge in [-0.25, -0.2) is 13.9 Å². The molecule has 168 valence electrons. The Morgan fingerprint density at radius 2 is 1.94 bits per heavy atom. The van der Waals surface area contributed by atoms with Crippen LogP contribution in [0.5, 0.6) is 0 Å². The maximum atomic E-state index is 13.5. The van der Waals surface area contributed by atoms with Gasteiger partial charge in [-0.05, 0) is 18.6 Å². The summed E-state index contributed by atoms with van der Waals surface area (Å²) in [4.78, 5) is 36.3. The number of hydrogen-bond acceptors (Lipinski definition) is 5. The van der Waals surface area contributed by atoms with Crippen molar-refractivity contribution in [3.8, 4) is 0 Å². The van der Waals surface area contributed by atoms with E-state index in [2.05, 4.69) is 9.47 Å². The highest BCUT2D eigenvalue weighted by molar-refractivity contribution is 6.31. The number of halogens is 1. The summed E-state index contributed by atoms with van der Waals surface area (Å²) in [5.41, 5.74) is 1.76. The first-order valence-corrected chi connectivity index (χ1v) is 11.2. The van der Waals surface area contributed by atoms with Gasteiger partial charge >= 0.3 is 12.0 Å². The molecule has 1 aromatic heterocycles. The zero-order chi connectivity index (χ0) is 22.4. The van der Waals surface area contributed by atoms with E-state index in [1.807, 2.05) is 35.9 Å². The van der Waals surface area contributed by atoms with Crippen LogP contribution < -0.4 is 4.57 Å². The van der Waals surface area contributed by atoms with E-state index in [1.54, 1.807) is 13.1 Å². The second kappa shape index (κ2) is 8.31. The van der Waals surface area contributed by atoms with Gasteiger partial charge in [-0.1, -0.05) is 34.8 Å². The highest BCUT2D eigenvalue weighted by atomic mass is 35.5. The molecule has 3 aliphatic rings. The fourth-order valence-corrected chi connectivity index (χ4v) is 4.71. The molecule has 9 nitrogen and oxygen atoms in total. The minimum atomic E-state index is -0.654. The number of carbonyl (C=O) groups is 2. The highest BCUT2D eigenvalue weighted by Crippen LogP contribution is 2.30.